The van der Waals surface area contributed by atoms with Gasteiger partial charge in [0.05, 0.1) is 0 Å². The number of carbonyl (C=O) groups is 2. The van der Waals surface area contributed by atoms with E-state index in [1.165, 1.54) is 44.9 Å². The Morgan fingerprint density at radius 1 is 1.04 bits per heavy atom. The summed E-state index contributed by atoms with van der Waals surface area (Å²) >= 11 is 0. The summed E-state index contributed by atoms with van der Waals surface area (Å²) in [5.41, 5.74) is 7.16. The Morgan fingerprint density at radius 2 is 1.79 bits per heavy atom. The summed E-state index contributed by atoms with van der Waals surface area (Å²) in [6, 6.07) is 0. The molecule has 1 amide bonds. The number of allylic oxidation sites excluding steroid dienone is 2. The second kappa shape index (κ2) is 7.29. The molecule has 7 atom stereocenters. The average molecular weight is 386 g/mol. The van der Waals surface area contributed by atoms with Crippen molar-refractivity contribution in [3.63, 3.8) is 0 Å². The Balaban J connectivity index is 1.51. The smallest absolute Gasteiger partial charge is 0.217 e. The van der Waals surface area contributed by atoms with Gasteiger partial charge in [-0.3, -0.25) is 9.59 Å². The van der Waals surface area contributed by atoms with E-state index in [0.29, 0.717) is 16.7 Å². The Labute approximate surface area is 170 Å². The minimum Gasteiger partial charge on any atom is -0.370 e. The van der Waals surface area contributed by atoms with Crippen molar-refractivity contribution >= 4 is 11.7 Å². The van der Waals surface area contributed by atoms with E-state index in [1.807, 2.05) is 0 Å². The molecule has 0 aromatic rings. The molecule has 4 aliphatic rings. The third-order valence-electron chi connectivity index (χ3n) is 9.97. The maximum absolute atomic E-state index is 12.5. The number of hydrogen-bond acceptors (Lipinski definition) is 2. The molecule has 1 unspecified atom stereocenters. The fourth-order valence-corrected chi connectivity index (χ4v) is 8.28. The highest BCUT2D eigenvalue weighted by atomic mass is 16.1. The third kappa shape index (κ3) is 3.08. The largest absolute Gasteiger partial charge is 0.370 e. The molecule has 0 aromatic carbocycles. The Hall–Kier alpha value is -1.12. The van der Waals surface area contributed by atoms with E-state index < -0.39 is 0 Å². The number of rotatable bonds is 5. The van der Waals surface area contributed by atoms with Crippen molar-refractivity contribution in [3.8, 4) is 0 Å². The SMILES string of the molecule is CC[C@H]1CC[C@H]2[C@@H]3CCC4CC(C(=O)CCC(N)=O)=CC[C@]4(C)[C@H]3CC[C@]12C. The van der Waals surface area contributed by atoms with E-state index in [0.717, 1.165) is 42.1 Å². The molecule has 3 fully saturated rings. The van der Waals surface area contributed by atoms with Gasteiger partial charge in [-0.2, -0.15) is 0 Å². The lowest BCUT2D eigenvalue weighted by atomic mass is 9.45. The number of Topliss-reactive ketones (excluding diaryl/α,β-unsaturated/α-hetero) is 1. The summed E-state index contributed by atoms with van der Waals surface area (Å²) < 4.78 is 0. The van der Waals surface area contributed by atoms with Gasteiger partial charge in [-0.15, -0.1) is 0 Å². The molecular weight excluding hydrogens is 346 g/mol. The molecule has 4 rings (SSSR count). The first-order valence-corrected chi connectivity index (χ1v) is 11.8. The van der Waals surface area contributed by atoms with Crippen LogP contribution < -0.4 is 5.73 Å². The first kappa shape index (κ1) is 20.2. The van der Waals surface area contributed by atoms with Gasteiger partial charge in [-0.05, 0) is 97.4 Å². The normalized spacial score (nSPS) is 44.8. The summed E-state index contributed by atoms with van der Waals surface area (Å²) in [5.74, 6) is 4.01. The second-order valence-corrected chi connectivity index (χ2v) is 10.9. The molecule has 156 valence electrons. The maximum Gasteiger partial charge on any atom is 0.217 e. The van der Waals surface area contributed by atoms with Gasteiger partial charge in [-0.25, -0.2) is 0 Å². The van der Waals surface area contributed by atoms with E-state index in [9.17, 15) is 9.59 Å². The molecule has 0 aromatic heterocycles. The van der Waals surface area contributed by atoms with Crippen molar-refractivity contribution < 1.29 is 9.59 Å². The molecule has 0 radical (unpaired) electrons. The first-order valence-electron chi connectivity index (χ1n) is 11.8. The van der Waals surface area contributed by atoms with Crippen LogP contribution in [0, 0.1) is 40.4 Å². The summed E-state index contributed by atoms with van der Waals surface area (Å²) in [4.78, 5) is 23.6. The van der Waals surface area contributed by atoms with Crippen LogP contribution in [0.2, 0.25) is 0 Å². The zero-order chi connectivity index (χ0) is 20.1. The van der Waals surface area contributed by atoms with Crippen LogP contribution >= 0.6 is 0 Å². The summed E-state index contributed by atoms with van der Waals surface area (Å²) in [7, 11) is 0. The predicted molar refractivity (Wildman–Crippen MR) is 112 cm³/mol. The standard InChI is InChI=1S/C25H39NO2/c1-4-17-6-8-20-19-7-5-18-15-16(22(27)9-10-23(26)28)11-13-25(18,3)21(19)12-14-24(17,20)2/h11,17-21H,4-10,12-15H2,1-3H3,(H2,26,28)/t17-,18?,19-,20-,21-,24+,25-/m0/s1. The summed E-state index contributed by atoms with van der Waals surface area (Å²) in [5, 5.41) is 0. The quantitative estimate of drug-likeness (QED) is 0.686. The zero-order valence-electron chi connectivity index (χ0n) is 18.1. The van der Waals surface area contributed by atoms with Gasteiger partial charge < -0.3 is 5.73 Å². The molecule has 0 saturated heterocycles. The number of amides is 1. The lowest BCUT2D eigenvalue weighted by molar-refractivity contribution is -0.123. The highest BCUT2D eigenvalue weighted by Gasteiger charge is 2.59. The molecule has 3 heteroatoms. The van der Waals surface area contributed by atoms with Crippen LogP contribution in [-0.2, 0) is 9.59 Å². The molecule has 0 spiro atoms. The van der Waals surface area contributed by atoms with Gasteiger partial charge in [0, 0.05) is 12.8 Å². The fraction of sp³-hybridized carbons (Fsp3) is 0.840. The number of hydrogen-bond donors (Lipinski definition) is 1. The molecule has 0 bridgehead atoms. The van der Waals surface area contributed by atoms with E-state index in [1.54, 1.807) is 0 Å². The van der Waals surface area contributed by atoms with E-state index in [4.69, 9.17) is 5.73 Å². The lowest BCUT2D eigenvalue weighted by Gasteiger charge is -2.60. The van der Waals surface area contributed by atoms with Gasteiger partial charge in [-0.1, -0.05) is 33.3 Å². The number of nitrogens with two attached hydrogens (primary N) is 1. The highest BCUT2D eigenvalue weighted by Crippen LogP contribution is 2.67. The number of fused-ring (bicyclic) bond motifs is 5. The van der Waals surface area contributed by atoms with Crippen LogP contribution in [0.15, 0.2) is 11.6 Å². The highest BCUT2D eigenvalue weighted by molar-refractivity contribution is 5.97. The van der Waals surface area contributed by atoms with Crippen molar-refractivity contribution in [2.24, 2.45) is 46.2 Å². The van der Waals surface area contributed by atoms with Crippen molar-refractivity contribution in [2.75, 3.05) is 0 Å². The van der Waals surface area contributed by atoms with Crippen LogP contribution in [0.3, 0.4) is 0 Å². The first-order chi connectivity index (χ1) is 13.3. The average Bonchev–Trinajstić information content (AvgIpc) is 3.01. The monoisotopic (exact) mass is 385 g/mol. The van der Waals surface area contributed by atoms with Gasteiger partial charge in [0.25, 0.3) is 0 Å². The molecular formula is C25H39NO2. The zero-order valence-corrected chi connectivity index (χ0v) is 18.1. The Morgan fingerprint density at radius 3 is 2.50 bits per heavy atom. The molecule has 4 aliphatic carbocycles. The Kier molecular flexibility index (Phi) is 5.25. The molecule has 3 saturated carbocycles. The maximum atomic E-state index is 12.5. The third-order valence-corrected chi connectivity index (χ3v) is 9.97. The predicted octanol–water partition coefficient (Wildman–Crippen LogP) is 5.43. The topological polar surface area (TPSA) is 60.2 Å². The molecule has 0 heterocycles. The number of primary amides is 1. The van der Waals surface area contributed by atoms with Gasteiger partial charge in [0.15, 0.2) is 5.78 Å². The van der Waals surface area contributed by atoms with Crippen molar-refractivity contribution in [1.82, 2.24) is 0 Å². The fourth-order valence-electron chi connectivity index (χ4n) is 8.28. The van der Waals surface area contributed by atoms with Crippen LogP contribution in [0.1, 0.15) is 91.4 Å². The number of ketones is 1. The summed E-state index contributed by atoms with van der Waals surface area (Å²) in [6.07, 6.45) is 14.4. The minimum atomic E-state index is -0.373. The van der Waals surface area contributed by atoms with E-state index >= 15 is 0 Å². The van der Waals surface area contributed by atoms with Crippen LogP contribution in [-0.4, -0.2) is 11.7 Å². The Bertz CT molecular complexity index is 682. The molecule has 3 nitrogen and oxygen atoms in total. The van der Waals surface area contributed by atoms with Crippen molar-refractivity contribution in [2.45, 2.75) is 91.4 Å². The second-order valence-electron chi connectivity index (χ2n) is 10.9. The van der Waals surface area contributed by atoms with E-state index in [2.05, 4.69) is 26.8 Å². The van der Waals surface area contributed by atoms with Gasteiger partial charge in [0.2, 0.25) is 5.91 Å². The number of carbonyl (C=O) groups excluding carboxylic acids is 2. The van der Waals surface area contributed by atoms with Crippen molar-refractivity contribution in [3.05, 3.63) is 11.6 Å². The summed E-state index contributed by atoms with van der Waals surface area (Å²) in [6.45, 7) is 7.54. The molecule has 0 aliphatic heterocycles. The van der Waals surface area contributed by atoms with Crippen LogP contribution in [0.4, 0.5) is 0 Å². The minimum absolute atomic E-state index is 0.153. The lowest BCUT2D eigenvalue weighted by Crippen LogP contribution is -2.52. The van der Waals surface area contributed by atoms with Gasteiger partial charge >= 0.3 is 0 Å². The van der Waals surface area contributed by atoms with Crippen LogP contribution in [0.25, 0.3) is 0 Å². The van der Waals surface area contributed by atoms with Gasteiger partial charge in [0.1, 0.15) is 0 Å². The molecule has 28 heavy (non-hydrogen) atoms. The van der Waals surface area contributed by atoms with Crippen LogP contribution in [0.5, 0.6) is 0 Å². The molecule has 2 N–H and O–H groups in total. The van der Waals surface area contributed by atoms with Crippen molar-refractivity contribution in [1.29, 1.82) is 0 Å². The van der Waals surface area contributed by atoms with E-state index in [-0.39, 0.29) is 24.5 Å².